The number of ether oxygens (including phenoxy) is 1. The molecule has 0 saturated heterocycles. The van der Waals surface area contributed by atoms with E-state index in [1.54, 1.807) is 6.07 Å². The molecule has 0 aliphatic heterocycles. The van der Waals surface area contributed by atoms with Gasteiger partial charge in [-0.25, -0.2) is 4.98 Å². The number of rotatable bonds is 4. The molecule has 1 aromatic heterocycles. The number of aryl methyl sites for hydroxylation is 1. The molecule has 106 valence electrons. The Hall–Kier alpha value is -2.65. The highest BCUT2D eigenvalue weighted by atomic mass is 35.5. The average molecular weight is 304 g/mol. The topological polar surface area (TPSA) is 89.0 Å². The Morgan fingerprint density at radius 1 is 1.48 bits per heavy atom. The van der Waals surface area contributed by atoms with Crippen molar-refractivity contribution >= 4 is 17.3 Å². The number of nitriles is 1. The van der Waals surface area contributed by atoms with Gasteiger partial charge in [0.15, 0.2) is 0 Å². The lowest BCUT2D eigenvalue weighted by molar-refractivity contribution is -0.385. The van der Waals surface area contributed by atoms with Crippen molar-refractivity contribution in [3.63, 3.8) is 0 Å². The minimum Gasteiger partial charge on any atom is -0.430 e. The van der Waals surface area contributed by atoms with E-state index in [2.05, 4.69) is 4.98 Å². The highest BCUT2D eigenvalue weighted by Gasteiger charge is 2.19. The molecule has 0 radical (unpaired) electrons. The highest BCUT2D eigenvalue weighted by Crippen LogP contribution is 2.35. The molecule has 0 amide bonds. The lowest BCUT2D eigenvalue weighted by atomic mass is 10.1. The molecule has 2 aromatic rings. The maximum Gasteiger partial charge on any atom is 0.311 e. The lowest BCUT2D eigenvalue weighted by Crippen LogP contribution is -1.97. The molecule has 7 heteroatoms. The number of hydrogen-bond donors (Lipinski definition) is 0. The van der Waals surface area contributed by atoms with Gasteiger partial charge in [-0.2, -0.15) is 5.26 Å². The number of hydrogen-bond acceptors (Lipinski definition) is 5. The maximum absolute atomic E-state index is 11.1. The van der Waals surface area contributed by atoms with Crippen LogP contribution in [-0.2, 0) is 6.42 Å². The van der Waals surface area contributed by atoms with Gasteiger partial charge in [-0.15, -0.1) is 0 Å². The summed E-state index contributed by atoms with van der Waals surface area (Å²) in [5, 5.41) is 20.0. The second kappa shape index (κ2) is 6.20. The summed E-state index contributed by atoms with van der Waals surface area (Å²) in [5.74, 6) is -0.00949. The number of pyridine rings is 1. The highest BCUT2D eigenvalue weighted by molar-refractivity contribution is 6.33. The largest absolute Gasteiger partial charge is 0.430 e. The van der Waals surface area contributed by atoms with Crippen LogP contribution in [0.15, 0.2) is 30.5 Å². The number of benzene rings is 1. The van der Waals surface area contributed by atoms with Gasteiger partial charge in [0.05, 0.1) is 10.5 Å². The molecular weight excluding hydrogens is 294 g/mol. The zero-order valence-corrected chi connectivity index (χ0v) is 11.8. The van der Waals surface area contributed by atoms with Crippen LogP contribution in [0, 0.1) is 21.4 Å². The van der Waals surface area contributed by atoms with E-state index < -0.39 is 4.92 Å². The van der Waals surface area contributed by atoms with Crippen LogP contribution >= 0.6 is 11.6 Å². The van der Waals surface area contributed by atoms with E-state index in [9.17, 15) is 10.1 Å². The van der Waals surface area contributed by atoms with Gasteiger partial charge in [0, 0.05) is 12.3 Å². The molecule has 0 spiro atoms. The van der Waals surface area contributed by atoms with Crippen molar-refractivity contribution in [1.82, 2.24) is 4.98 Å². The van der Waals surface area contributed by atoms with E-state index in [4.69, 9.17) is 21.6 Å². The predicted octanol–water partition coefficient (Wildman–Crippen LogP) is 3.87. The first-order valence-electron chi connectivity index (χ1n) is 6.06. The Balaban J connectivity index is 2.45. The zero-order chi connectivity index (χ0) is 15.4. The summed E-state index contributed by atoms with van der Waals surface area (Å²) in [6.45, 7) is 1.90. The molecule has 21 heavy (non-hydrogen) atoms. The minimum absolute atomic E-state index is 0.0221. The van der Waals surface area contributed by atoms with Crippen LogP contribution in [-0.4, -0.2) is 9.91 Å². The number of halogens is 1. The van der Waals surface area contributed by atoms with Crippen molar-refractivity contribution in [3.8, 4) is 17.7 Å². The first-order valence-corrected chi connectivity index (χ1v) is 6.44. The summed E-state index contributed by atoms with van der Waals surface area (Å²) in [6.07, 6.45) is 2.02. The van der Waals surface area contributed by atoms with Gasteiger partial charge in [0.1, 0.15) is 11.1 Å². The van der Waals surface area contributed by atoms with Crippen molar-refractivity contribution in [2.24, 2.45) is 0 Å². The standard InChI is InChI=1S/C14H10ClN3O3/c1-2-9-3-4-12(11(7-9)18(19)20)21-14-13(15)10(8-16)5-6-17-14/h3-7H,2H2,1H3. The first-order chi connectivity index (χ1) is 10.1. The molecule has 6 nitrogen and oxygen atoms in total. The third kappa shape index (κ3) is 3.09. The summed E-state index contributed by atoms with van der Waals surface area (Å²) < 4.78 is 5.41. The Kier molecular flexibility index (Phi) is 4.36. The van der Waals surface area contributed by atoms with E-state index in [0.29, 0.717) is 6.42 Å². The third-order valence-corrected chi connectivity index (χ3v) is 3.18. The molecule has 0 saturated carbocycles. The van der Waals surface area contributed by atoms with Gasteiger partial charge >= 0.3 is 5.69 Å². The van der Waals surface area contributed by atoms with E-state index in [0.717, 1.165) is 5.56 Å². The SMILES string of the molecule is CCc1ccc(Oc2nccc(C#N)c2Cl)c([N+](=O)[O-])c1. The maximum atomic E-state index is 11.1. The molecule has 0 unspecified atom stereocenters. The van der Waals surface area contributed by atoms with Crippen molar-refractivity contribution in [1.29, 1.82) is 5.26 Å². The summed E-state index contributed by atoms with van der Waals surface area (Å²) in [6, 6.07) is 7.99. The summed E-state index contributed by atoms with van der Waals surface area (Å²) in [4.78, 5) is 14.5. The Bertz CT molecular complexity index is 741. The lowest BCUT2D eigenvalue weighted by Gasteiger charge is -2.08. The minimum atomic E-state index is -0.531. The van der Waals surface area contributed by atoms with Crippen LogP contribution in [0.2, 0.25) is 5.02 Å². The van der Waals surface area contributed by atoms with E-state index in [-0.39, 0.29) is 27.9 Å². The quantitative estimate of drug-likeness (QED) is 0.631. The van der Waals surface area contributed by atoms with Gasteiger partial charge in [-0.05, 0) is 24.1 Å². The fourth-order valence-corrected chi connectivity index (χ4v) is 1.89. The van der Waals surface area contributed by atoms with Crippen molar-refractivity contribution in [2.45, 2.75) is 13.3 Å². The van der Waals surface area contributed by atoms with E-state index >= 15 is 0 Å². The van der Waals surface area contributed by atoms with Crippen LogP contribution in [0.3, 0.4) is 0 Å². The molecule has 2 rings (SSSR count). The summed E-state index contributed by atoms with van der Waals surface area (Å²) in [7, 11) is 0. The number of aromatic nitrogens is 1. The van der Waals surface area contributed by atoms with E-state index in [1.165, 1.54) is 24.4 Å². The van der Waals surface area contributed by atoms with Crippen LogP contribution < -0.4 is 4.74 Å². The van der Waals surface area contributed by atoms with Crippen LogP contribution in [0.4, 0.5) is 5.69 Å². The van der Waals surface area contributed by atoms with Crippen molar-refractivity contribution in [2.75, 3.05) is 0 Å². The molecule has 1 aromatic carbocycles. The number of nitro benzene ring substituents is 1. The number of nitrogens with zero attached hydrogens (tertiary/aromatic N) is 3. The fourth-order valence-electron chi connectivity index (χ4n) is 1.70. The van der Waals surface area contributed by atoms with E-state index in [1.807, 2.05) is 13.0 Å². The second-order valence-electron chi connectivity index (χ2n) is 4.10. The Morgan fingerprint density at radius 3 is 2.86 bits per heavy atom. The fraction of sp³-hybridized carbons (Fsp3) is 0.143. The summed E-state index contributed by atoms with van der Waals surface area (Å²) in [5.41, 5.74) is 0.836. The molecule has 1 heterocycles. The van der Waals surface area contributed by atoms with Crippen molar-refractivity contribution < 1.29 is 9.66 Å². The van der Waals surface area contributed by atoms with Crippen LogP contribution in [0.5, 0.6) is 11.6 Å². The zero-order valence-electron chi connectivity index (χ0n) is 11.0. The Labute approximate surface area is 125 Å². The molecule has 0 aliphatic rings. The molecule has 0 fully saturated rings. The van der Waals surface area contributed by atoms with Gasteiger partial charge in [0.2, 0.25) is 11.6 Å². The second-order valence-corrected chi connectivity index (χ2v) is 4.48. The normalized spacial score (nSPS) is 9.95. The third-order valence-electron chi connectivity index (χ3n) is 2.81. The van der Waals surface area contributed by atoms with Gasteiger partial charge in [0.25, 0.3) is 0 Å². The smallest absolute Gasteiger partial charge is 0.311 e. The monoisotopic (exact) mass is 303 g/mol. The molecular formula is C14H10ClN3O3. The van der Waals surface area contributed by atoms with Crippen LogP contribution in [0.25, 0.3) is 0 Å². The van der Waals surface area contributed by atoms with Gasteiger partial charge in [-0.3, -0.25) is 10.1 Å². The van der Waals surface area contributed by atoms with Crippen LogP contribution in [0.1, 0.15) is 18.1 Å². The molecule has 0 atom stereocenters. The summed E-state index contributed by atoms with van der Waals surface area (Å²) >= 11 is 5.97. The molecule has 0 N–H and O–H groups in total. The average Bonchev–Trinajstić information content (AvgIpc) is 2.49. The molecule has 0 aliphatic carbocycles. The Morgan fingerprint density at radius 2 is 2.24 bits per heavy atom. The van der Waals surface area contributed by atoms with Gasteiger partial charge in [-0.1, -0.05) is 24.6 Å². The van der Waals surface area contributed by atoms with Gasteiger partial charge < -0.3 is 4.74 Å². The van der Waals surface area contributed by atoms with Crippen molar-refractivity contribution in [3.05, 3.63) is 56.7 Å². The molecule has 0 bridgehead atoms. The number of nitro groups is 1. The first kappa shape index (κ1) is 14.8. The predicted molar refractivity (Wildman–Crippen MR) is 76.5 cm³/mol.